The quantitative estimate of drug-likeness (QED) is 0.595. The normalized spacial score (nSPS) is 29.5. The van der Waals surface area contributed by atoms with Crippen LogP contribution in [0.4, 0.5) is 10.5 Å². The molecule has 0 saturated heterocycles. The van der Waals surface area contributed by atoms with Crippen molar-refractivity contribution in [3.63, 3.8) is 0 Å². The lowest BCUT2D eigenvalue weighted by molar-refractivity contribution is -0.158. The van der Waals surface area contributed by atoms with E-state index >= 15 is 0 Å². The van der Waals surface area contributed by atoms with E-state index in [1.165, 1.54) is 12.8 Å². The van der Waals surface area contributed by atoms with Crippen LogP contribution in [0.25, 0.3) is 0 Å². The van der Waals surface area contributed by atoms with Crippen molar-refractivity contribution in [1.29, 1.82) is 0 Å². The van der Waals surface area contributed by atoms with E-state index in [-0.39, 0.29) is 41.5 Å². The molecule has 1 aromatic rings. The van der Waals surface area contributed by atoms with Crippen LogP contribution in [0.3, 0.4) is 0 Å². The van der Waals surface area contributed by atoms with E-state index in [0.29, 0.717) is 5.92 Å². The maximum atomic E-state index is 13.2. The molecule has 1 N–H and O–H groups in total. The van der Waals surface area contributed by atoms with Crippen LogP contribution in [0.5, 0.6) is 0 Å². The molecular formula is C26H38N2O3. The Hall–Kier alpha value is -2.04. The number of urea groups is 1. The van der Waals surface area contributed by atoms with E-state index in [1.807, 2.05) is 31.2 Å². The van der Waals surface area contributed by atoms with E-state index < -0.39 is 0 Å². The average molecular weight is 427 g/mol. The summed E-state index contributed by atoms with van der Waals surface area (Å²) in [6, 6.07) is 7.66. The highest BCUT2D eigenvalue weighted by Crippen LogP contribution is 2.66. The van der Waals surface area contributed by atoms with Crippen LogP contribution in [-0.2, 0) is 9.53 Å². The van der Waals surface area contributed by atoms with E-state index in [1.54, 1.807) is 4.90 Å². The number of amides is 2. The highest BCUT2D eigenvalue weighted by molar-refractivity contribution is 5.92. The number of benzene rings is 1. The first-order valence-corrected chi connectivity index (χ1v) is 12.0. The van der Waals surface area contributed by atoms with Gasteiger partial charge in [0.2, 0.25) is 0 Å². The van der Waals surface area contributed by atoms with Gasteiger partial charge in [0.05, 0.1) is 0 Å². The number of hydrogen-bond donors (Lipinski definition) is 1. The topological polar surface area (TPSA) is 58.6 Å². The molecule has 0 radical (unpaired) electrons. The van der Waals surface area contributed by atoms with Gasteiger partial charge in [-0.15, -0.1) is 0 Å². The summed E-state index contributed by atoms with van der Waals surface area (Å²) in [5.41, 5.74) is 2.04. The second-order valence-corrected chi connectivity index (χ2v) is 10.8. The molecule has 4 rings (SSSR count). The van der Waals surface area contributed by atoms with E-state index in [4.69, 9.17) is 4.74 Å². The molecule has 2 bridgehead atoms. The number of carbonyl (C=O) groups is 2. The number of esters is 1. The zero-order valence-electron chi connectivity index (χ0n) is 19.6. The van der Waals surface area contributed by atoms with Gasteiger partial charge in [0.1, 0.15) is 12.6 Å². The lowest BCUT2D eigenvalue weighted by Crippen LogP contribution is -2.48. The summed E-state index contributed by atoms with van der Waals surface area (Å²) in [6.07, 6.45) is 8.55. The van der Waals surface area contributed by atoms with Crippen molar-refractivity contribution in [2.45, 2.75) is 91.2 Å². The van der Waals surface area contributed by atoms with Gasteiger partial charge in [0.15, 0.2) is 0 Å². The van der Waals surface area contributed by atoms with Crippen LogP contribution < -0.4 is 5.32 Å². The van der Waals surface area contributed by atoms with Crippen molar-refractivity contribution in [1.82, 2.24) is 4.90 Å². The van der Waals surface area contributed by atoms with Crippen LogP contribution in [0.1, 0.15) is 77.7 Å². The first-order valence-electron chi connectivity index (χ1n) is 12.0. The average Bonchev–Trinajstić information content (AvgIpc) is 3.08. The Kier molecular flexibility index (Phi) is 6.06. The van der Waals surface area contributed by atoms with Crippen LogP contribution in [0.15, 0.2) is 24.3 Å². The maximum Gasteiger partial charge on any atom is 0.326 e. The molecule has 2 amide bonds. The standard InChI is InChI=1S/C26H38N2O3/c1-18-10-8-9-13-21(18)27-24(30)28(20-11-6-5-7-12-20)17-23(29)31-22-16-19-14-15-26(22,4)25(19,2)3/h8-10,13,19-20,22H,5-7,11-12,14-17H2,1-4H3,(H,27,30)/t19-,22+,26+/m1/s1. The fraction of sp³-hybridized carbons (Fsp3) is 0.692. The van der Waals surface area contributed by atoms with Crippen molar-refractivity contribution in [2.75, 3.05) is 11.9 Å². The SMILES string of the molecule is Cc1ccccc1NC(=O)N(CC(=O)O[C@H]1C[C@H]2CC[C@]1(C)C2(C)C)C1CCCCC1. The molecule has 3 aliphatic rings. The molecule has 5 heteroatoms. The van der Waals surface area contributed by atoms with Crippen LogP contribution >= 0.6 is 0 Å². The predicted molar refractivity (Wildman–Crippen MR) is 123 cm³/mol. The van der Waals surface area contributed by atoms with Gasteiger partial charge in [-0.25, -0.2) is 4.79 Å². The molecule has 5 nitrogen and oxygen atoms in total. The fourth-order valence-electron chi connectivity index (χ4n) is 6.30. The molecule has 170 valence electrons. The number of fused-ring (bicyclic) bond motifs is 2. The third-order valence-electron chi connectivity index (χ3n) is 8.95. The summed E-state index contributed by atoms with van der Waals surface area (Å²) < 4.78 is 6.07. The second-order valence-electron chi connectivity index (χ2n) is 10.8. The Bertz CT molecular complexity index is 830. The summed E-state index contributed by atoms with van der Waals surface area (Å²) >= 11 is 0. The Labute approximate surface area is 186 Å². The third kappa shape index (κ3) is 4.08. The molecule has 0 aliphatic heterocycles. The van der Waals surface area contributed by atoms with Gasteiger partial charge in [0.25, 0.3) is 0 Å². The van der Waals surface area contributed by atoms with Gasteiger partial charge in [-0.05, 0) is 62.0 Å². The molecule has 1 aromatic carbocycles. The number of carbonyl (C=O) groups excluding carboxylic acids is 2. The van der Waals surface area contributed by atoms with Gasteiger partial charge >= 0.3 is 12.0 Å². The highest BCUT2D eigenvalue weighted by Gasteiger charge is 2.62. The van der Waals surface area contributed by atoms with Crippen molar-refractivity contribution < 1.29 is 14.3 Å². The summed E-state index contributed by atoms with van der Waals surface area (Å²) in [5.74, 6) is 0.356. The number of aryl methyl sites for hydroxylation is 1. The minimum atomic E-state index is -0.264. The zero-order valence-corrected chi connectivity index (χ0v) is 19.6. The monoisotopic (exact) mass is 426 g/mol. The summed E-state index contributed by atoms with van der Waals surface area (Å²) in [7, 11) is 0. The van der Waals surface area contributed by atoms with Crippen LogP contribution in [0.2, 0.25) is 0 Å². The molecule has 0 spiro atoms. The minimum Gasteiger partial charge on any atom is -0.460 e. The fourth-order valence-corrected chi connectivity index (χ4v) is 6.30. The Morgan fingerprint density at radius 3 is 2.42 bits per heavy atom. The highest BCUT2D eigenvalue weighted by atomic mass is 16.5. The Morgan fingerprint density at radius 2 is 1.81 bits per heavy atom. The van der Waals surface area contributed by atoms with Gasteiger partial charge in [-0.2, -0.15) is 0 Å². The summed E-state index contributed by atoms with van der Waals surface area (Å²) in [5, 5.41) is 3.03. The summed E-state index contributed by atoms with van der Waals surface area (Å²) in [4.78, 5) is 28.0. The third-order valence-corrected chi connectivity index (χ3v) is 8.95. The van der Waals surface area contributed by atoms with Gasteiger partial charge in [-0.1, -0.05) is 58.2 Å². The first kappa shape index (κ1) is 22.2. The second kappa shape index (κ2) is 8.48. The number of ether oxygens (including phenoxy) is 1. The minimum absolute atomic E-state index is 0.0278. The number of para-hydroxylation sites is 1. The lowest BCUT2D eigenvalue weighted by atomic mass is 9.70. The molecule has 31 heavy (non-hydrogen) atoms. The smallest absolute Gasteiger partial charge is 0.326 e. The van der Waals surface area contributed by atoms with Crippen LogP contribution in [0, 0.1) is 23.7 Å². The molecule has 0 unspecified atom stereocenters. The van der Waals surface area contributed by atoms with Crippen molar-refractivity contribution in [3.05, 3.63) is 29.8 Å². The number of hydrogen-bond acceptors (Lipinski definition) is 3. The van der Waals surface area contributed by atoms with Gasteiger partial charge < -0.3 is 15.0 Å². The maximum absolute atomic E-state index is 13.2. The Balaban J connectivity index is 1.45. The van der Waals surface area contributed by atoms with Crippen molar-refractivity contribution >= 4 is 17.7 Å². The number of anilines is 1. The first-order chi connectivity index (χ1) is 14.7. The Morgan fingerprint density at radius 1 is 1.10 bits per heavy atom. The number of nitrogens with one attached hydrogen (secondary N) is 1. The number of rotatable bonds is 5. The zero-order chi connectivity index (χ0) is 22.2. The van der Waals surface area contributed by atoms with E-state index in [9.17, 15) is 9.59 Å². The van der Waals surface area contributed by atoms with Gasteiger partial charge in [-0.3, -0.25) is 4.79 Å². The summed E-state index contributed by atoms with van der Waals surface area (Å²) in [6.45, 7) is 8.93. The molecule has 3 saturated carbocycles. The molecule has 0 aromatic heterocycles. The van der Waals surface area contributed by atoms with E-state index in [2.05, 4.69) is 26.1 Å². The molecule has 3 aliphatic carbocycles. The van der Waals surface area contributed by atoms with Crippen molar-refractivity contribution in [3.8, 4) is 0 Å². The lowest BCUT2D eigenvalue weighted by Gasteiger charge is -2.39. The van der Waals surface area contributed by atoms with Crippen molar-refractivity contribution in [2.24, 2.45) is 16.7 Å². The number of nitrogens with zero attached hydrogens (tertiary/aromatic N) is 1. The molecule has 3 atom stereocenters. The van der Waals surface area contributed by atoms with Gasteiger partial charge in [0, 0.05) is 17.1 Å². The molecule has 3 fully saturated rings. The van der Waals surface area contributed by atoms with E-state index in [0.717, 1.165) is 49.8 Å². The molecule has 0 heterocycles. The largest absolute Gasteiger partial charge is 0.460 e. The predicted octanol–water partition coefficient (Wildman–Crippen LogP) is 5.92. The van der Waals surface area contributed by atoms with Crippen LogP contribution in [-0.4, -0.2) is 35.6 Å². The molecular weight excluding hydrogens is 388 g/mol.